The third-order valence-corrected chi connectivity index (χ3v) is 3.14. The van der Waals surface area contributed by atoms with Gasteiger partial charge < -0.3 is 10.1 Å². The van der Waals surface area contributed by atoms with E-state index >= 15 is 0 Å². The van der Waals surface area contributed by atoms with Crippen molar-refractivity contribution >= 4 is 28.9 Å². The van der Waals surface area contributed by atoms with Crippen molar-refractivity contribution < 1.29 is 13.9 Å². The van der Waals surface area contributed by atoms with Gasteiger partial charge in [-0.05, 0) is 55.0 Å². The molecular formula is C17H17FN2O2S. The fourth-order valence-corrected chi connectivity index (χ4v) is 2.02. The zero-order valence-corrected chi connectivity index (χ0v) is 13.5. The van der Waals surface area contributed by atoms with Crippen LogP contribution in [0.15, 0.2) is 48.5 Å². The number of rotatable bonds is 5. The van der Waals surface area contributed by atoms with Crippen LogP contribution in [0, 0.1) is 5.82 Å². The van der Waals surface area contributed by atoms with Gasteiger partial charge in [-0.2, -0.15) is 0 Å². The van der Waals surface area contributed by atoms with Gasteiger partial charge in [-0.3, -0.25) is 10.1 Å². The Morgan fingerprint density at radius 2 is 1.87 bits per heavy atom. The summed E-state index contributed by atoms with van der Waals surface area (Å²) in [5.41, 5.74) is 0.646. The van der Waals surface area contributed by atoms with Gasteiger partial charge in [0.1, 0.15) is 11.6 Å². The highest BCUT2D eigenvalue weighted by Crippen LogP contribution is 2.14. The number of carbonyl (C=O) groups is 1. The molecule has 0 aromatic heterocycles. The van der Waals surface area contributed by atoms with Crippen LogP contribution in [0.1, 0.15) is 23.7 Å². The number of halogens is 1. The predicted molar refractivity (Wildman–Crippen MR) is 92.3 cm³/mol. The number of amides is 1. The highest BCUT2D eigenvalue weighted by Gasteiger charge is 2.09. The molecule has 2 aromatic carbocycles. The first kappa shape index (κ1) is 16.9. The van der Waals surface area contributed by atoms with Crippen molar-refractivity contribution in [3.63, 3.8) is 0 Å². The van der Waals surface area contributed by atoms with E-state index in [1.807, 2.05) is 6.92 Å². The Balaban J connectivity index is 1.93. The zero-order valence-electron chi connectivity index (χ0n) is 12.6. The van der Waals surface area contributed by atoms with Gasteiger partial charge in [0.15, 0.2) is 5.11 Å². The smallest absolute Gasteiger partial charge is 0.257 e. The molecule has 0 aliphatic heterocycles. The lowest BCUT2D eigenvalue weighted by Crippen LogP contribution is -2.34. The summed E-state index contributed by atoms with van der Waals surface area (Å²) in [6.45, 7) is 2.65. The lowest BCUT2D eigenvalue weighted by Gasteiger charge is -2.10. The topological polar surface area (TPSA) is 50.4 Å². The summed E-state index contributed by atoms with van der Waals surface area (Å²) < 4.78 is 19.0. The van der Waals surface area contributed by atoms with Gasteiger partial charge in [-0.15, -0.1) is 0 Å². The van der Waals surface area contributed by atoms with Crippen LogP contribution in [-0.4, -0.2) is 17.6 Å². The van der Waals surface area contributed by atoms with Crippen LogP contribution < -0.4 is 15.4 Å². The van der Waals surface area contributed by atoms with E-state index in [0.29, 0.717) is 17.9 Å². The molecule has 0 heterocycles. The number of hydrogen-bond acceptors (Lipinski definition) is 3. The molecule has 4 nitrogen and oxygen atoms in total. The second-order valence-corrected chi connectivity index (χ2v) is 5.17. The molecule has 0 aliphatic rings. The predicted octanol–water partition coefficient (Wildman–Crippen LogP) is 3.74. The summed E-state index contributed by atoms with van der Waals surface area (Å²) in [4.78, 5) is 12.1. The Bertz CT molecular complexity index is 689. The maximum Gasteiger partial charge on any atom is 0.257 e. The number of nitrogens with one attached hydrogen (secondary N) is 2. The first-order chi connectivity index (χ1) is 11.1. The minimum atomic E-state index is -0.443. The highest BCUT2D eigenvalue weighted by atomic mass is 32.1. The number of thiocarbonyl (C=S) groups is 1. The molecule has 0 bridgehead atoms. The third-order valence-electron chi connectivity index (χ3n) is 2.94. The van der Waals surface area contributed by atoms with E-state index in [9.17, 15) is 9.18 Å². The number of ether oxygens (including phenoxy) is 1. The summed E-state index contributed by atoms with van der Waals surface area (Å²) in [6.07, 6.45) is 0.915. The Labute approximate surface area is 139 Å². The lowest BCUT2D eigenvalue weighted by atomic mass is 10.2. The van der Waals surface area contributed by atoms with Crippen molar-refractivity contribution in [1.82, 2.24) is 5.32 Å². The Hall–Kier alpha value is -2.47. The molecule has 0 radical (unpaired) electrons. The average Bonchev–Trinajstić information content (AvgIpc) is 2.55. The molecule has 0 unspecified atom stereocenters. The monoisotopic (exact) mass is 332 g/mol. The molecule has 120 valence electrons. The quantitative estimate of drug-likeness (QED) is 0.819. The van der Waals surface area contributed by atoms with E-state index in [2.05, 4.69) is 10.6 Å². The van der Waals surface area contributed by atoms with Crippen molar-refractivity contribution in [3.8, 4) is 5.75 Å². The van der Waals surface area contributed by atoms with Crippen LogP contribution in [0.4, 0.5) is 10.1 Å². The van der Waals surface area contributed by atoms with Gasteiger partial charge >= 0.3 is 0 Å². The van der Waals surface area contributed by atoms with Gasteiger partial charge in [-0.25, -0.2) is 4.39 Å². The Morgan fingerprint density at radius 1 is 1.17 bits per heavy atom. The molecule has 1 amide bonds. The van der Waals surface area contributed by atoms with Gasteiger partial charge in [0.05, 0.1) is 12.3 Å². The maximum absolute atomic E-state index is 13.5. The molecule has 0 saturated carbocycles. The normalized spacial score (nSPS) is 10.0. The number of para-hydroxylation sites is 1. The van der Waals surface area contributed by atoms with Crippen molar-refractivity contribution in [2.24, 2.45) is 0 Å². The number of anilines is 1. The highest BCUT2D eigenvalue weighted by molar-refractivity contribution is 7.80. The molecule has 23 heavy (non-hydrogen) atoms. The first-order valence-corrected chi connectivity index (χ1v) is 7.60. The van der Waals surface area contributed by atoms with Crippen molar-refractivity contribution in [1.29, 1.82) is 0 Å². The van der Waals surface area contributed by atoms with Crippen LogP contribution in [0.5, 0.6) is 5.75 Å². The number of benzene rings is 2. The molecule has 0 atom stereocenters. The standard InChI is InChI=1S/C17H17FN2O2S/c1-2-11-22-13-9-7-12(8-10-13)16(21)20-17(23)19-15-6-4-3-5-14(15)18/h3-10H,2,11H2,1H3,(H2,19,20,21,23). The van der Waals surface area contributed by atoms with Crippen LogP contribution in [0.2, 0.25) is 0 Å². The largest absolute Gasteiger partial charge is 0.494 e. The SMILES string of the molecule is CCCOc1ccc(C(=O)NC(=S)Nc2ccccc2F)cc1. The van der Waals surface area contributed by atoms with E-state index in [1.54, 1.807) is 36.4 Å². The minimum Gasteiger partial charge on any atom is -0.494 e. The van der Waals surface area contributed by atoms with E-state index in [-0.39, 0.29) is 16.7 Å². The average molecular weight is 332 g/mol. The van der Waals surface area contributed by atoms with Crippen LogP contribution in [0.25, 0.3) is 0 Å². The molecule has 2 rings (SSSR count). The fraction of sp³-hybridized carbons (Fsp3) is 0.176. The summed E-state index contributed by atoms with van der Waals surface area (Å²) in [5, 5.41) is 5.19. The number of hydrogen-bond donors (Lipinski definition) is 2. The number of carbonyl (C=O) groups excluding carboxylic acids is 1. The molecule has 2 N–H and O–H groups in total. The van der Waals surface area contributed by atoms with Crippen molar-refractivity contribution in [3.05, 3.63) is 59.9 Å². The van der Waals surface area contributed by atoms with E-state index in [1.165, 1.54) is 12.1 Å². The maximum atomic E-state index is 13.5. The van der Waals surface area contributed by atoms with Crippen molar-refractivity contribution in [2.45, 2.75) is 13.3 Å². The van der Waals surface area contributed by atoms with Crippen molar-refractivity contribution in [2.75, 3.05) is 11.9 Å². The first-order valence-electron chi connectivity index (χ1n) is 7.20. The second-order valence-electron chi connectivity index (χ2n) is 4.76. The summed E-state index contributed by atoms with van der Waals surface area (Å²) in [6, 6.07) is 12.8. The lowest BCUT2D eigenvalue weighted by molar-refractivity contribution is 0.0977. The molecule has 6 heteroatoms. The molecular weight excluding hydrogens is 315 g/mol. The van der Waals surface area contributed by atoms with Crippen LogP contribution in [0.3, 0.4) is 0 Å². The van der Waals surface area contributed by atoms with Gasteiger partial charge in [0, 0.05) is 5.56 Å². The molecule has 2 aromatic rings. The molecule has 0 aliphatic carbocycles. The second kappa shape index (κ2) is 8.24. The summed E-state index contributed by atoms with van der Waals surface area (Å²) in [5.74, 6) is -0.113. The summed E-state index contributed by atoms with van der Waals surface area (Å²) >= 11 is 5.02. The van der Waals surface area contributed by atoms with Crippen LogP contribution in [-0.2, 0) is 0 Å². The fourth-order valence-electron chi connectivity index (χ4n) is 1.81. The van der Waals surface area contributed by atoms with Gasteiger partial charge in [0.2, 0.25) is 0 Å². The minimum absolute atomic E-state index is 0.0337. The van der Waals surface area contributed by atoms with E-state index < -0.39 is 5.82 Å². The van der Waals surface area contributed by atoms with Gasteiger partial charge in [0.25, 0.3) is 5.91 Å². The summed E-state index contributed by atoms with van der Waals surface area (Å²) in [7, 11) is 0. The van der Waals surface area contributed by atoms with E-state index in [4.69, 9.17) is 17.0 Å². The molecule has 0 saturated heterocycles. The molecule has 0 spiro atoms. The van der Waals surface area contributed by atoms with Gasteiger partial charge in [-0.1, -0.05) is 19.1 Å². The molecule has 0 fully saturated rings. The Morgan fingerprint density at radius 3 is 2.52 bits per heavy atom. The van der Waals surface area contributed by atoms with Crippen LogP contribution >= 0.6 is 12.2 Å². The zero-order chi connectivity index (χ0) is 16.7. The Kier molecular flexibility index (Phi) is 6.05. The third kappa shape index (κ3) is 5.03. The van der Waals surface area contributed by atoms with E-state index in [0.717, 1.165) is 6.42 Å².